The molecule has 0 bridgehead atoms. The number of carboxylic acid groups (broad SMARTS) is 1. The topological polar surface area (TPSA) is 66.6 Å². The fraction of sp³-hybridized carbons (Fsp3) is 0.500. The predicted octanol–water partition coefficient (Wildman–Crippen LogP) is 1.23. The van der Waals surface area contributed by atoms with Crippen molar-refractivity contribution in [3.8, 4) is 0 Å². The van der Waals surface area contributed by atoms with Gasteiger partial charge in [-0.25, -0.2) is 0 Å². The van der Waals surface area contributed by atoms with Gasteiger partial charge in [-0.1, -0.05) is 29.8 Å². The molecule has 0 amide bonds. The number of aryl methyl sites for hydroxylation is 1. The predicted molar refractivity (Wildman–Crippen MR) is 70.2 cm³/mol. The molecule has 0 aromatic heterocycles. The Morgan fingerprint density at radius 1 is 1.39 bits per heavy atom. The van der Waals surface area contributed by atoms with Crippen LogP contribution in [0.1, 0.15) is 17.5 Å². The molecule has 0 radical (unpaired) electrons. The number of carbonyl (C=O) groups is 1. The van der Waals surface area contributed by atoms with Crippen molar-refractivity contribution in [2.75, 3.05) is 13.1 Å². The number of nitrogens with two attached hydrogens (primary N) is 1. The molecule has 3 N–H and O–H groups in total. The maximum atomic E-state index is 11.1. The molecule has 2 rings (SSSR count). The molecule has 1 aromatic carbocycles. The van der Waals surface area contributed by atoms with Gasteiger partial charge >= 0.3 is 5.97 Å². The molecule has 18 heavy (non-hydrogen) atoms. The van der Waals surface area contributed by atoms with Gasteiger partial charge in [0, 0.05) is 25.7 Å². The lowest BCUT2D eigenvalue weighted by atomic mass is 9.94. The van der Waals surface area contributed by atoms with Crippen LogP contribution < -0.4 is 5.73 Å². The van der Waals surface area contributed by atoms with Crippen LogP contribution in [0.5, 0.6) is 0 Å². The van der Waals surface area contributed by atoms with E-state index in [2.05, 4.69) is 36.1 Å². The zero-order chi connectivity index (χ0) is 13.1. The summed E-state index contributed by atoms with van der Waals surface area (Å²) in [5.74, 6) is -1.07. The minimum atomic E-state index is -0.737. The summed E-state index contributed by atoms with van der Waals surface area (Å²) in [5, 5.41) is 9.09. The van der Waals surface area contributed by atoms with Crippen LogP contribution in [0.4, 0.5) is 0 Å². The molecule has 0 aliphatic carbocycles. The summed E-state index contributed by atoms with van der Waals surface area (Å²) in [6.45, 7) is 4.20. The molecule has 98 valence electrons. The number of hydrogen-bond donors (Lipinski definition) is 2. The van der Waals surface area contributed by atoms with Gasteiger partial charge in [0.25, 0.3) is 0 Å². The summed E-state index contributed by atoms with van der Waals surface area (Å²) in [6, 6.07) is 8.29. The molecule has 1 aliphatic rings. The average molecular weight is 248 g/mol. The molecular formula is C14H20N2O2. The number of hydrogen-bond acceptors (Lipinski definition) is 3. The third kappa shape index (κ3) is 3.31. The number of rotatable bonds is 3. The monoisotopic (exact) mass is 248 g/mol. The largest absolute Gasteiger partial charge is 0.481 e. The summed E-state index contributed by atoms with van der Waals surface area (Å²) in [6.07, 6.45) is 0.583. The Labute approximate surface area is 107 Å². The zero-order valence-corrected chi connectivity index (χ0v) is 10.7. The van der Waals surface area contributed by atoms with E-state index in [1.165, 1.54) is 11.1 Å². The van der Waals surface area contributed by atoms with Crippen LogP contribution >= 0.6 is 0 Å². The normalized spacial score (nSPS) is 25.0. The van der Waals surface area contributed by atoms with E-state index in [-0.39, 0.29) is 12.0 Å². The fourth-order valence-corrected chi connectivity index (χ4v) is 2.49. The molecule has 1 aliphatic heterocycles. The molecule has 2 atom stereocenters. The van der Waals surface area contributed by atoms with Crippen molar-refractivity contribution in [2.24, 2.45) is 11.7 Å². The van der Waals surface area contributed by atoms with Crippen molar-refractivity contribution in [3.63, 3.8) is 0 Å². The Hall–Kier alpha value is -1.39. The number of nitrogens with zero attached hydrogens (tertiary/aromatic N) is 1. The van der Waals surface area contributed by atoms with E-state index in [0.717, 1.165) is 13.1 Å². The van der Waals surface area contributed by atoms with E-state index in [9.17, 15) is 4.79 Å². The Kier molecular flexibility index (Phi) is 3.99. The molecule has 1 heterocycles. The zero-order valence-electron chi connectivity index (χ0n) is 10.7. The second-order valence-electron chi connectivity index (χ2n) is 5.21. The van der Waals surface area contributed by atoms with Crippen LogP contribution in [0.2, 0.25) is 0 Å². The first-order valence-electron chi connectivity index (χ1n) is 6.31. The van der Waals surface area contributed by atoms with Crippen molar-refractivity contribution in [3.05, 3.63) is 35.4 Å². The van der Waals surface area contributed by atoms with E-state index >= 15 is 0 Å². The summed E-state index contributed by atoms with van der Waals surface area (Å²) < 4.78 is 0. The lowest BCUT2D eigenvalue weighted by Crippen LogP contribution is -2.48. The highest BCUT2D eigenvalue weighted by Crippen LogP contribution is 2.18. The van der Waals surface area contributed by atoms with Crippen LogP contribution in [0, 0.1) is 12.8 Å². The van der Waals surface area contributed by atoms with Gasteiger partial charge in [0.1, 0.15) is 0 Å². The first-order valence-corrected chi connectivity index (χ1v) is 6.31. The molecule has 0 spiro atoms. The highest BCUT2D eigenvalue weighted by molar-refractivity contribution is 5.70. The first kappa shape index (κ1) is 13.1. The average Bonchev–Trinajstić information content (AvgIpc) is 2.31. The maximum absolute atomic E-state index is 11.1. The van der Waals surface area contributed by atoms with Crippen LogP contribution in [0.3, 0.4) is 0 Å². The summed E-state index contributed by atoms with van der Waals surface area (Å²) in [4.78, 5) is 13.2. The van der Waals surface area contributed by atoms with Gasteiger partial charge in [-0.2, -0.15) is 0 Å². The standard InChI is InChI=1S/C14H20N2O2/c1-10-2-4-11(5-3-10)7-16-8-12(14(17)18)6-13(15)9-16/h2-5,12-13H,6-9,15H2,1H3,(H,17,18). The van der Waals surface area contributed by atoms with E-state index < -0.39 is 5.97 Å². The third-order valence-electron chi connectivity index (χ3n) is 3.43. The lowest BCUT2D eigenvalue weighted by Gasteiger charge is -2.34. The van der Waals surface area contributed by atoms with Crippen molar-refractivity contribution < 1.29 is 9.90 Å². The van der Waals surface area contributed by atoms with Crippen LogP contribution in [0.15, 0.2) is 24.3 Å². The first-order chi connectivity index (χ1) is 8.54. The quantitative estimate of drug-likeness (QED) is 0.844. The van der Waals surface area contributed by atoms with Crippen LogP contribution in [-0.4, -0.2) is 35.1 Å². The van der Waals surface area contributed by atoms with E-state index in [1.807, 2.05) is 0 Å². The molecule has 2 unspecified atom stereocenters. The van der Waals surface area contributed by atoms with Gasteiger partial charge in [-0.3, -0.25) is 9.69 Å². The number of benzene rings is 1. The molecule has 0 saturated carbocycles. The Bertz CT molecular complexity index is 416. The molecular weight excluding hydrogens is 228 g/mol. The summed E-state index contributed by atoms with van der Waals surface area (Å²) >= 11 is 0. The van der Waals surface area contributed by atoms with Gasteiger partial charge in [0.05, 0.1) is 5.92 Å². The Morgan fingerprint density at radius 3 is 2.67 bits per heavy atom. The minimum absolute atomic E-state index is 0.0368. The van der Waals surface area contributed by atoms with E-state index in [0.29, 0.717) is 13.0 Å². The van der Waals surface area contributed by atoms with Crippen molar-refractivity contribution in [1.29, 1.82) is 0 Å². The second-order valence-corrected chi connectivity index (χ2v) is 5.21. The summed E-state index contributed by atoms with van der Waals surface area (Å²) in [5.41, 5.74) is 8.37. The van der Waals surface area contributed by atoms with E-state index in [1.54, 1.807) is 0 Å². The molecule has 1 saturated heterocycles. The second kappa shape index (κ2) is 5.50. The van der Waals surface area contributed by atoms with Crippen LogP contribution in [-0.2, 0) is 11.3 Å². The maximum Gasteiger partial charge on any atom is 0.307 e. The summed E-state index contributed by atoms with van der Waals surface area (Å²) in [7, 11) is 0. The fourth-order valence-electron chi connectivity index (χ4n) is 2.49. The van der Waals surface area contributed by atoms with Crippen molar-refractivity contribution in [1.82, 2.24) is 4.90 Å². The molecule has 4 heteroatoms. The van der Waals surface area contributed by atoms with Crippen LogP contribution in [0.25, 0.3) is 0 Å². The number of carboxylic acids is 1. The molecule has 1 fully saturated rings. The number of piperidine rings is 1. The highest BCUT2D eigenvalue weighted by Gasteiger charge is 2.29. The van der Waals surface area contributed by atoms with Crippen molar-refractivity contribution in [2.45, 2.75) is 25.9 Å². The third-order valence-corrected chi connectivity index (χ3v) is 3.43. The Balaban J connectivity index is 2.00. The molecule has 4 nitrogen and oxygen atoms in total. The van der Waals surface area contributed by atoms with Gasteiger partial charge in [0.15, 0.2) is 0 Å². The Morgan fingerprint density at radius 2 is 2.06 bits per heavy atom. The lowest BCUT2D eigenvalue weighted by molar-refractivity contribution is -0.144. The molecule has 1 aromatic rings. The van der Waals surface area contributed by atoms with Gasteiger partial charge in [-0.15, -0.1) is 0 Å². The minimum Gasteiger partial charge on any atom is -0.481 e. The number of aliphatic carboxylic acids is 1. The van der Waals surface area contributed by atoms with Gasteiger partial charge < -0.3 is 10.8 Å². The number of likely N-dealkylation sites (tertiary alicyclic amines) is 1. The highest BCUT2D eigenvalue weighted by atomic mass is 16.4. The van der Waals surface area contributed by atoms with Gasteiger partial charge in [0.2, 0.25) is 0 Å². The smallest absolute Gasteiger partial charge is 0.307 e. The van der Waals surface area contributed by atoms with E-state index in [4.69, 9.17) is 10.8 Å². The SMILES string of the molecule is Cc1ccc(CN2CC(N)CC(C(=O)O)C2)cc1. The van der Waals surface area contributed by atoms with Gasteiger partial charge in [-0.05, 0) is 18.9 Å². The van der Waals surface area contributed by atoms with Crippen molar-refractivity contribution >= 4 is 5.97 Å².